The number of quaternary nitrogens is 2. The third-order valence-electron chi connectivity index (χ3n) is 4.39. The van der Waals surface area contributed by atoms with Gasteiger partial charge >= 0.3 is 6.18 Å². The number of likely N-dealkylation sites (N-methyl/N-ethyl adjacent to an activating group) is 1. The first-order valence-corrected chi connectivity index (χ1v) is 8.00. The summed E-state index contributed by atoms with van der Waals surface area (Å²) in [7, 11) is 2.01. The van der Waals surface area contributed by atoms with Crippen LogP contribution in [0.3, 0.4) is 0 Å². The van der Waals surface area contributed by atoms with Crippen molar-refractivity contribution in [2.75, 3.05) is 38.5 Å². The van der Waals surface area contributed by atoms with Crippen molar-refractivity contribution in [3.8, 4) is 0 Å². The van der Waals surface area contributed by atoms with E-state index in [2.05, 4.69) is 5.32 Å². The first-order chi connectivity index (χ1) is 11.7. The van der Waals surface area contributed by atoms with Crippen molar-refractivity contribution in [2.45, 2.75) is 18.6 Å². The summed E-state index contributed by atoms with van der Waals surface area (Å²) in [6.07, 6.45) is -4.85. The van der Waals surface area contributed by atoms with Crippen LogP contribution in [0.15, 0.2) is 24.3 Å². The standard InChI is InChI=1S/C16H20F3N3O3/c1-21-5-7-22(8-6-21)13(15(24)25)10-14(23)20-12-4-2-3-11(9-12)16(17,18)19/h2-4,9,13H,5-8,10H2,1H3,(H,20,23)(H,24,25)/p+1/t13-/m0/s1. The summed E-state index contributed by atoms with van der Waals surface area (Å²) in [6.45, 7) is 2.77. The largest absolute Gasteiger partial charge is 0.544 e. The minimum atomic E-state index is -4.51. The number of nitrogens with one attached hydrogen (secondary N) is 3. The summed E-state index contributed by atoms with van der Waals surface area (Å²) in [4.78, 5) is 25.5. The maximum absolute atomic E-state index is 12.7. The van der Waals surface area contributed by atoms with Crippen LogP contribution >= 0.6 is 0 Å². The number of benzene rings is 1. The van der Waals surface area contributed by atoms with Gasteiger partial charge in [0.05, 0.1) is 25.0 Å². The zero-order valence-corrected chi connectivity index (χ0v) is 13.8. The van der Waals surface area contributed by atoms with Crippen molar-refractivity contribution in [3.05, 3.63) is 29.8 Å². The maximum Gasteiger partial charge on any atom is 0.416 e. The first kappa shape index (κ1) is 19.2. The van der Waals surface area contributed by atoms with Crippen LogP contribution < -0.4 is 20.2 Å². The summed E-state index contributed by atoms with van der Waals surface area (Å²) < 4.78 is 38.1. The highest BCUT2D eigenvalue weighted by Crippen LogP contribution is 2.30. The van der Waals surface area contributed by atoms with Crippen LogP contribution in [0.25, 0.3) is 0 Å². The highest BCUT2D eigenvalue weighted by Gasteiger charge is 2.32. The summed E-state index contributed by atoms with van der Waals surface area (Å²) in [5, 5.41) is 13.7. The van der Waals surface area contributed by atoms with Crippen LogP contribution in [0, 0.1) is 0 Å². The molecular formula is C16H21F3N3O3+. The molecule has 138 valence electrons. The van der Waals surface area contributed by atoms with E-state index >= 15 is 0 Å². The van der Waals surface area contributed by atoms with E-state index in [1.165, 1.54) is 17.0 Å². The SMILES string of the molecule is C[NH+]1CC[NH+]([C@@H](CC(=O)Nc2cccc(C(F)(F)F)c2)C(=O)[O-])CC1. The van der Waals surface area contributed by atoms with E-state index in [4.69, 9.17) is 0 Å². The van der Waals surface area contributed by atoms with Gasteiger partial charge in [-0.25, -0.2) is 0 Å². The second kappa shape index (κ2) is 7.83. The molecule has 1 atom stereocenters. The smallest absolute Gasteiger partial charge is 0.416 e. The van der Waals surface area contributed by atoms with Crippen molar-refractivity contribution in [1.29, 1.82) is 0 Å². The van der Waals surface area contributed by atoms with Gasteiger partial charge in [-0.1, -0.05) is 6.07 Å². The molecule has 1 heterocycles. The Morgan fingerprint density at radius 1 is 1.24 bits per heavy atom. The van der Waals surface area contributed by atoms with Gasteiger partial charge in [-0.2, -0.15) is 13.2 Å². The number of carbonyl (C=O) groups excluding carboxylic acids is 2. The fraction of sp³-hybridized carbons (Fsp3) is 0.500. The van der Waals surface area contributed by atoms with E-state index in [1.54, 1.807) is 0 Å². The van der Waals surface area contributed by atoms with Crippen LogP contribution in [0.5, 0.6) is 0 Å². The number of hydrogen-bond donors (Lipinski definition) is 3. The monoisotopic (exact) mass is 360 g/mol. The fourth-order valence-corrected chi connectivity index (χ4v) is 2.91. The number of anilines is 1. The van der Waals surface area contributed by atoms with E-state index in [9.17, 15) is 27.9 Å². The number of rotatable bonds is 5. The molecule has 9 heteroatoms. The highest BCUT2D eigenvalue weighted by molar-refractivity contribution is 5.93. The number of piperazine rings is 1. The lowest BCUT2D eigenvalue weighted by atomic mass is 10.1. The number of aliphatic carboxylic acids is 1. The predicted molar refractivity (Wildman–Crippen MR) is 80.8 cm³/mol. The molecule has 1 amide bonds. The molecule has 1 aliphatic rings. The molecule has 2 rings (SSSR count). The first-order valence-electron chi connectivity index (χ1n) is 8.00. The Bertz CT molecular complexity index is 629. The number of carbonyl (C=O) groups is 2. The van der Waals surface area contributed by atoms with Crippen LogP contribution in [0.2, 0.25) is 0 Å². The van der Waals surface area contributed by atoms with Gasteiger partial charge in [-0.05, 0) is 18.2 Å². The summed E-state index contributed by atoms with van der Waals surface area (Å²) in [5.41, 5.74) is -0.899. The maximum atomic E-state index is 12.7. The minimum Gasteiger partial charge on any atom is -0.544 e. The topological polar surface area (TPSA) is 78.1 Å². The lowest BCUT2D eigenvalue weighted by Gasteiger charge is -2.33. The van der Waals surface area contributed by atoms with Crippen molar-refractivity contribution in [1.82, 2.24) is 0 Å². The molecule has 0 aliphatic carbocycles. The van der Waals surface area contributed by atoms with E-state index in [-0.39, 0.29) is 12.1 Å². The summed E-state index contributed by atoms with van der Waals surface area (Å²) >= 11 is 0. The fourth-order valence-electron chi connectivity index (χ4n) is 2.91. The van der Waals surface area contributed by atoms with Crippen LogP contribution in [0.4, 0.5) is 18.9 Å². The molecule has 1 aromatic rings. The van der Waals surface area contributed by atoms with E-state index in [0.717, 1.165) is 30.1 Å². The van der Waals surface area contributed by atoms with Crippen molar-refractivity contribution >= 4 is 17.6 Å². The Hall–Kier alpha value is -2.13. The van der Waals surface area contributed by atoms with Gasteiger partial charge in [-0.3, -0.25) is 4.79 Å². The Morgan fingerprint density at radius 3 is 2.44 bits per heavy atom. The van der Waals surface area contributed by atoms with E-state index in [1.807, 2.05) is 7.05 Å². The molecule has 1 fully saturated rings. The Morgan fingerprint density at radius 2 is 1.88 bits per heavy atom. The zero-order chi connectivity index (χ0) is 18.6. The van der Waals surface area contributed by atoms with Crippen molar-refractivity contribution in [3.63, 3.8) is 0 Å². The number of carboxylic acids is 1. The van der Waals surface area contributed by atoms with Gasteiger partial charge < -0.3 is 25.0 Å². The third-order valence-corrected chi connectivity index (χ3v) is 4.39. The number of hydrogen-bond acceptors (Lipinski definition) is 3. The third kappa shape index (κ3) is 5.43. The molecule has 3 N–H and O–H groups in total. The zero-order valence-electron chi connectivity index (χ0n) is 13.8. The number of amides is 1. The summed E-state index contributed by atoms with van der Waals surface area (Å²) in [5.74, 6) is -1.97. The lowest BCUT2D eigenvalue weighted by Crippen LogP contribution is -3.29. The van der Waals surface area contributed by atoms with Gasteiger partial charge in [0.1, 0.15) is 32.2 Å². The molecule has 0 spiro atoms. The van der Waals surface area contributed by atoms with Gasteiger partial charge in [0, 0.05) is 5.69 Å². The molecule has 1 saturated heterocycles. The van der Waals surface area contributed by atoms with E-state index < -0.39 is 29.7 Å². The lowest BCUT2D eigenvalue weighted by molar-refractivity contribution is -1.01. The molecule has 1 aromatic carbocycles. The van der Waals surface area contributed by atoms with Crippen LogP contribution in [0.1, 0.15) is 12.0 Å². The van der Waals surface area contributed by atoms with Crippen molar-refractivity contribution < 1.29 is 37.7 Å². The number of alkyl halides is 3. The normalized spacial score (nSPS) is 22.2. The summed E-state index contributed by atoms with van der Waals surface area (Å²) in [6, 6.07) is 3.21. The molecule has 25 heavy (non-hydrogen) atoms. The average Bonchev–Trinajstić information content (AvgIpc) is 2.53. The molecule has 0 bridgehead atoms. The van der Waals surface area contributed by atoms with Crippen LogP contribution in [-0.2, 0) is 15.8 Å². The Labute approximate surface area is 143 Å². The highest BCUT2D eigenvalue weighted by atomic mass is 19.4. The van der Waals surface area contributed by atoms with E-state index in [0.29, 0.717) is 13.1 Å². The van der Waals surface area contributed by atoms with Gasteiger partial charge in [-0.15, -0.1) is 0 Å². The number of halogens is 3. The molecule has 0 aromatic heterocycles. The van der Waals surface area contributed by atoms with Gasteiger partial charge in [0.2, 0.25) is 5.91 Å². The molecule has 1 aliphatic heterocycles. The van der Waals surface area contributed by atoms with Crippen molar-refractivity contribution in [2.24, 2.45) is 0 Å². The quantitative estimate of drug-likeness (QED) is 0.546. The molecule has 6 nitrogen and oxygen atoms in total. The molecule has 0 unspecified atom stereocenters. The second-order valence-electron chi connectivity index (χ2n) is 6.32. The Kier molecular flexibility index (Phi) is 6.02. The number of carboxylic acid groups (broad SMARTS) is 1. The minimum absolute atomic E-state index is 0.0188. The molecular weight excluding hydrogens is 339 g/mol. The predicted octanol–water partition coefficient (Wildman–Crippen LogP) is -2.43. The van der Waals surface area contributed by atoms with Gasteiger partial charge in [0.15, 0.2) is 0 Å². The average molecular weight is 360 g/mol. The molecule has 0 radical (unpaired) electrons. The molecule has 0 saturated carbocycles. The Balaban J connectivity index is 2.01. The second-order valence-corrected chi connectivity index (χ2v) is 6.32. The van der Waals surface area contributed by atoms with Gasteiger partial charge in [0.25, 0.3) is 0 Å². The van der Waals surface area contributed by atoms with Crippen LogP contribution in [-0.4, -0.2) is 51.1 Å².